The zero-order valence-electron chi connectivity index (χ0n) is 14.8. The molecule has 0 aromatic heterocycles. The molecule has 0 heterocycles. The highest BCUT2D eigenvalue weighted by atomic mass is 19.4. The summed E-state index contributed by atoms with van der Waals surface area (Å²) in [6.07, 6.45) is -4.49. The molecule has 26 heavy (non-hydrogen) atoms. The number of hydrogen-bond acceptors (Lipinski definition) is 3. The lowest BCUT2D eigenvalue weighted by molar-refractivity contribution is -0.137. The molecule has 0 N–H and O–H groups in total. The van der Waals surface area contributed by atoms with Gasteiger partial charge in [-0.25, -0.2) is 0 Å². The van der Waals surface area contributed by atoms with Crippen molar-refractivity contribution in [2.45, 2.75) is 19.6 Å². The van der Waals surface area contributed by atoms with Crippen molar-refractivity contribution >= 4 is 5.91 Å². The van der Waals surface area contributed by atoms with E-state index >= 15 is 0 Å². The third-order valence-electron chi connectivity index (χ3n) is 3.93. The standard InChI is InChI=1S/C19H20F3NO3/c1-4-23(12-13-8-9-16(25-2)17(10-13)26-3)18(24)14-6-5-7-15(11-14)19(20,21)22/h5-11H,4,12H2,1-3H3. The van der Waals surface area contributed by atoms with E-state index in [9.17, 15) is 18.0 Å². The number of carbonyl (C=O) groups is 1. The first-order valence-electron chi connectivity index (χ1n) is 7.97. The van der Waals surface area contributed by atoms with E-state index in [2.05, 4.69) is 0 Å². The van der Waals surface area contributed by atoms with Crippen LogP contribution >= 0.6 is 0 Å². The second-order valence-corrected chi connectivity index (χ2v) is 5.59. The van der Waals surface area contributed by atoms with Crippen molar-refractivity contribution in [3.63, 3.8) is 0 Å². The number of benzene rings is 2. The summed E-state index contributed by atoms with van der Waals surface area (Å²) in [4.78, 5) is 14.1. The third-order valence-corrected chi connectivity index (χ3v) is 3.93. The quantitative estimate of drug-likeness (QED) is 0.760. The first kappa shape index (κ1) is 19.6. The average molecular weight is 367 g/mol. The van der Waals surface area contributed by atoms with Crippen LogP contribution in [0.3, 0.4) is 0 Å². The number of ether oxygens (including phenoxy) is 2. The lowest BCUT2D eigenvalue weighted by atomic mass is 10.1. The molecule has 0 fully saturated rings. The number of nitrogens with zero attached hydrogens (tertiary/aromatic N) is 1. The maximum Gasteiger partial charge on any atom is 0.416 e. The van der Waals surface area contributed by atoms with Gasteiger partial charge in [-0.1, -0.05) is 12.1 Å². The number of halogens is 3. The van der Waals surface area contributed by atoms with Gasteiger partial charge in [-0.05, 0) is 42.8 Å². The molecular formula is C19H20F3NO3. The topological polar surface area (TPSA) is 38.8 Å². The minimum absolute atomic E-state index is 0.00199. The highest BCUT2D eigenvalue weighted by Crippen LogP contribution is 2.30. The molecule has 0 unspecified atom stereocenters. The van der Waals surface area contributed by atoms with Gasteiger partial charge in [0.15, 0.2) is 11.5 Å². The SMILES string of the molecule is CCN(Cc1ccc(OC)c(OC)c1)C(=O)c1cccc(C(F)(F)F)c1. The van der Waals surface area contributed by atoms with Gasteiger partial charge in [0, 0.05) is 18.7 Å². The zero-order chi connectivity index (χ0) is 19.3. The lowest BCUT2D eigenvalue weighted by Gasteiger charge is -2.22. The maximum absolute atomic E-state index is 12.9. The predicted octanol–water partition coefficient (Wildman–Crippen LogP) is 4.38. The third kappa shape index (κ3) is 4.47. The highest BCUT2D eigenvalue weighted by molar-refractivity contribution is 5.94. The number of amides is 1. The predicted molar refractivity (Wildman–Crippen MR) is 91.4 cm³/mol. The largest absolute Gasteiger partial charge is 0.493 e. The molecule has 0 saturated carbocycles. The molecule has 0 aliphatic heterocycles. The fourth-order valence-corrected chi connectivity index (χ4v) is 2.54. The fraction of sp³-hybridized carbons (Fsp3) is 0.316. The normalized spacial score (nSPS) is 11.2. The van der Waals surface area contributed by atoms with Crippen LogP contribution < -0.4 is 9.47 Å². The van der Waals surface area contributed by atoms with Gasteiger partial charge < -0.3 is 14.4 Å². The molecule has 4 nitrogen and oxygen atoms in total. The molecule has 140 valence electrons. The van der Waals surface area contributed by atoms with Crippen molar-refractivity contribution in [3.8, 4) is 11.5 Å². The van der Waals surface area contributed by atoms with Crippen molar-refractivity contribution in [2.24, 2.45) is 0 Å². The number of hydrogen-bond donors (Lipinski definition) is 0. The van der Waals surface area contributed by atoms with Gasteiger partial charge in [0.2, 0.25) is 0 Å². The van der Waals surface area contributed by atoms with Crippen LogP contribution in [0, 0.1) is 0 Å². The first-order valence-corrected chi connectivity index (χ1v) is 7.97. The van der Waals surface area contributed by atoms with Crippen LogP contribution in [0.1, 0.15) is 28.4 Å². The van der Waals surface area contributed by atoms with Crippen molar-refractivity contribution in [2.75, 3.05) is 20.8 Å². The van der Waals surface area contributed by atoms with E-state index in [1.807, 2.05) is 0 Å². The minimum atomic E-state index is -4.49. The number of rotatable bonds is 6. The van der Waals surface area contributed by atoms with Gasteiger partial charge in [-0.2, -0.15) is 13.2 Å². The van der Waals surface area contributed by atoms with E-state index in [4.69, 9.17) is 9.47 Å². The molecule has 2 rings (SSSR count). The van der Waals surface area contributed by atoms with Gasteiger partial charge >= 0.3 is 6.18 Å². The molecule has 2 aromatic rings. The van der Waals surface area contributed by atoms with Crippen LogP contribution in [0.4, 0.5) is 13.2 Å². The number of methoxy groups -OCH3 is 2. The summed E-state index contributed by atoms with van der Waals surface area (Å²) in [6.45, 7) is 2.36. The summed E-state index contributed by atoms with van der Waals surface area (Å²) < 4.78 is 49.0. The van der Waals surface area contributed by atoms with E-state index in [-0.39, 0.29) is 12.1 Å². The molecule has 0 atom stereocenters. The summed E-state index contributed by atoms with van der Waals surface area (Å²) in [7, 11) is 3.03. The Morgan fingerprint density at radius 3 is 2.31 bits per heavy atom. The molecule has 0 radical (unpaired) electrons. The van der Waals surface area contributed by atoms with Gasteiger partial charge in [0.1, 0.15) is 0 Å². The molecule has 0 spiro atoms. The van der Waals surface area contributed by atoms with Gasteiger partial charge in [0.05, 0.1) is 19.8 Å². The van der Waals surface area contributed by atoms with Crippen LogP contribution in [-0.4, -0.2) is 31.6 Å². The van der Waals surface area contributed by atoms with Crippen LogP contribution in [0.25, 0.3) is 0 Å². The second-order valence-electron chi connectivity index (χ2n) is 5.59. The minimum Gasteiger partial charge on any atom is -0.493 e. The molecule has 7 heteroatoms. The van der Waals surface area contributed by atoms with Crippen LogP contribution in [0.5, 0.6) is 11.5 Å². The second kappa shape index (κ2) is 8.12. The van der Waals surface area contributed by atoms with Gasteiger partial charge in [-0.3, -0.25) is 4.79 Å². The van der Waals surface area contributed by atoms with E-state index in [1.165, 1.54) is 31.3 Å². The molecule has 1 amide bonds. The summed E-state index contributed by atoms with van der Waals surface area (Å²) in [6, 6.07) is 9.68. The zero-order valence-corrected chi connectivity index (χ0v) is 14.8. The molecule has 0 saturated heterocycles. The Labute approximate surface area is 150 Å². The van der Waals surface area contributed by atoms with Gasteiger partial charge in [-0.15, -0.1) is 0 Å². The number of alkyl halides is 3. The molecular weight excluding hydrogens is 347 g/mol. The average Bonchev–Trinajstić information content (AvgIpc) is 2.64. The van der Waals surface area contributed by atoms with Crippen molar-refractivity contribution in [3.05, 3.63) is 59.2 Å². The lowest BCUT2D eigenvalue weighted by Crippen LogP contribution is -2.30. The Morgan fingerprint density at radius 1 is 1.04 bits per heavy atom. The van der Waals surface area contributed by atoms with E-state index in [1.54, 1.807) is 25.1 Å². The Bertz CT molecular complexity index is 775. The van der Waals surface area contributed by atoms with Crippen LogP contribution in [-0.2, 0) is 12.7 Å². The first-order chi connectivity index (χ1) is 12.3. The monoisotopic (exact) mass is 367 g/mol. The Hall–Kier alpha value is -2.70. The smallest absolute Gasteiger partial charge is 0.416 e. The Kier molecular flexibility index (Phi) is 6.13. The van der Waals surface area contributed by atoms with Crippen LogP contribution in [0.15, 0.2) is 42.5 Å². The summed E-state index contributed by atoms with van der Waals surface area (Å²) in [5, 5.41) is 0. The highest BCUT2D eigenvalue weighted by Gasteiger charge is 2.31. The number of carbonyl (C=O) groups excluding carboxylic acids is 1. The molecule has 0 bridgehead atoms. The summed E-state index contributed by atoms with van der Waals surface area (Å²) >= 11 is 0. The Balaban J connectivity index is 2.24. The maximum atomic E-state index is 12.9. The summed E-state index contributed by atoms with van der Waals surface area (Å²) in [5.74, 6) is 0.615. The van der Waals surface area contributed by atoms with Crippen molar-refractivity contribution < 1.29 is 27.4 Å². The van der Waals surface area contributed by atoms with Gasteiger partial charge in [0.25, 0.3) is 5.91 Å². The van der Waals surface area contributed by atoms with E-state index in [0.29, 0.717) is 18.0 Å². The molecule has 0 aliphatic rings. The van der Waals surface area contributed by atoms with Crippen molar-refractivity contribution in [1.82, 2.24) is 4.90 Å². The van der Waals surface area contributed by atoms with E-state index in [0.717, 1.165) is 17.7 Å². The Morgan fingerprint density at radius 2 is 1.73 bits per heavy atom. The van der Waals surface area contributed by atoms with E-state index < -0.39 is 17.6 Å². The molecule has 2 aromatic carbocycles. The fourth-order valence-electron chi connectivity index (χ4n) is 2.54. The summed E-state index contributed by atoms with van der Waals surface area (Å²) in [5.41, 5.74) is -0.0579. The molecule has 0 aliphatic carbocycles. The van der Waals surface area contributed by atoms with Crippen LogP contribution in [0.2, 0.25) is 0 Å². The van der Waals surface area contributed by atoms with Crippen molar-refractivity contribution in [1.29, 1.82) is 0 Å².